The quantitative estimate of drug-likeness (QED) is 0.786. The standard InChI is InChI=1S/C25H28N4O2/c1-16-6-8-18(9-7-16)20-5-4-14-29-24(27-28-25(20)29)19-10-12-21(22(30-3)13-11-19)23-15-26-17(2)31-23/h6-12,15,20,25,28H,4-5,13-14H2,1-3H3. The molecule has 1 aromatic carbocycles. The zero-order valence-electron chi connectivity index (χ0n) is 18.3. The molecule has 0 spiro atoms. The minimum atomic E-state index is 0.190. The number of benzene rings is 1. The summed E-state index contributed by atoms with van der Waals surface area (Å²) in [4.78, 5) is 6.65. The third-order valence-electron chi connectivity index (χ3n) is 6.34. The molecule has 2 atom stereocenters. The highest BCUT2D eigenvalue weighted by molar-refractivity contribution is 6.02. The second-order valence-corrected chi connectivity index (χ2v) is 8.34. The van der Waals surface area contributed by atoms with Gasteiger partial charge in [-0.25, -0.2) is 4.98 Å². The van der Waals surface area contributed by atoms with Gasteiger partial charge in [-0.3, -0.25) is 5.43 Å². The van der Waals surface area contributed by atoms with Crippen LogP contribution in [-0.4, -0.2) is 35.5 Å². The molecule has 1 aromatic heterocycles. The monoisotopic (exact) mass is 416 g/mol. The highest BCUT2D eigenvalue weighted by atomic mass is 16.5. The number of hydrazone groups is 1. The molecule has 0 saturated carbocycles. The van der Waals surface area contributed by atoms with Crippen LogP contribution in [0.2, 0.25) is 0 Å². The second-order valence-electron chi connectivity index (χ2n) is 8.34. The Hall–Kier alpha value is -3.28. The van der Waals surface area contributed by atoms with E-state index in [2.05, 4.69) is 64.7 Å². The molecule has 0 radical (unpaired) electrons. The Balaban J connectivity index is 1.39. The Morgan fingerprint density at radius 2 is 2.00 bits per heavy atom. The maximum Gasteiger partial charge on any atom is 0.191 e. The van der Waals surface area contributed by atoms with Crippen molar-refractivity contribution in [1.29, 1.82) is 0 Å². The number of nitrogens with one attached hydrogen (secondary N) is 1. The summed E-state index contributed by atoms with van der Waals surface area (Å²) in [5, 5.41) is 4.77. The number of ether oxygens (including phenoxy) is 1. The fraction of sp³-hybridized carbons (Fsp3) is 0.360. The van der Waals surface area contributed by atoms with Gasteiger partial charge in [0.1, 0.15) is 11.9 Å². The van der Waals surface area contributed by atoms with Gasteiger partial charge in [-0.15, -0.1) is 0 Å². The van der Waals surface area contributed by atoms with Crippen molar-refractivity contribution in [3.8, 4) is 0 Å². The first-order valence-electron chi connectivity index (χ1n) is 10.9. The summed E-state index contributed by atoms with van der Waals surface area (Å²) in [6.45, 7) is 4.98. The van der Waals surface area contributed by atoms with Gasteiger partial charge in [-0.1, -0.05) is 42.0 Å². The van der Waals surface area contributed by atoms with Gasteiger partial charge in [-0.2, -0.15) is 5.10 Å². The maximum atomic E-state index is 5.75. The molecule has 1 N–H and O–H groups in total. The normalized spacial score (nSPS) is 23.1. The van der Waals surface area contributed by atoms with Crippen LogP contribution in [0.3, 0.4) is 0 Å². The van der Waals surface area contributed by atoms with Crippen molar-refractivity contribution < 1.29 is 9.15 Å². The van der Waals surface area contributed by atoms with E-state index in [0.717, 1.165) is 41.5 Å². The molecule has 5 rings (SSSR count). The van der Waals surface area contributed by atoms with Gasteiger partial charge in [0.25, 0.3) is 0 Å². The minimum absolute atomic E-state index is 0.190. The third kappa shape index (κ3) is 3.67. The zero-order valence-corrected chi connectivity index (χ0v) is 18.3. The van der Waals surface area contributed by atoms with Crippen LogP contribution in [0.1, 0.15) is 48.0 Å². The molecular formula is C25H28N4O2. The molecule has 3 heterocycles. The lowest BCUT2D eigenvalue weighted by Crippen LogP contribution is -2.48. The number of hydrogen-bond acceptors (Lipinski definition) is 6. The first kappa shape index (κ1) is 19.7. The maximum absolute atomic E-state index is 5.75. The van der Waals surface area contributed by atoms with Crippen molar-refractivity contribution in [1.82, 2.24) is 15.3 Å². The minimum Gasteiger partial charge on any atom is -0.500 e. The summed E-state index contributed by atoms with van der Waals surface area (Å²) in [6, 6.07) is 8.92. The summed E-state index contributed by atoms with van der Waals surface area (Å²) in [7, 11) is 1.70. The Morgan fingerprint density at radius 3 is 2.74 bits per heavy atom. The number of nitrogens with zero attached hydrogens (tertiary/aromatic N) is 3. The average molecular weight is 417 g/mol. The SMILES string of the molecule is COC1=C(c2cnc(C)o2)C=CC(C2=NNC3C(c4ccc(C)cc4)CCCN23)=CC1. The van der Waals surface area contributed by atoms with E-state index in [0.29, 0.717) is 18.2 Å². The number of methoxy groups -OCH3 is 1. The van der Waals surface area contributed by atoms with Gasteiger partial charge < -0.3 is 14.1 Å². The molecule has 6 heteroatoms. The number of hydrogen-bond donors (Lipinski definition) is 1. The van der Waals surface area contributed by atoms with Crippen molar-refractivity contribution in [3.63, 3.8) is 0 Å². The van der Waals surface area contributed by atoms with Gasteiger partial charge in [-0.05, 0) is 31.4 Å². The van der Waals surface area contributed by atoms with E-state index in [1.54, 1.807) is 13.3 Å². The lowest BCUT2D eigenvalue weighted by atomic mass is 9.87. The smallest absolute Gasteiger partial charge is 0.191 e. The van der Waals surface area contributed by atoms with Crippen LogP contribution < -0.4 is 5.43 Å². The molecule has 3 aliphatic rings. The summed E-state index contributed by atoms with van der Waals surface area (Å²) in [5.41, 5.74) is 8.12. The number of oxazole rings is 1. The third-order valence-corrected chi connectivity index (χ3v) is 6.34. The molecule has 1 saturated heterocycles. The van der Waals surface area contributed by atoms with Crippen LogP contribution in [0, 0.1) is 13.8 Å². The highest BCUT2D eigenvalue weighted by Crippen LogP contribution is 2.36. The molecule has 2 aliphatic heterocycles. The van der Waals surface area contributed by atoms with Gasteiger partial charge in [0.15, 0.2) is 17.5 Å². The van der Waals surface area contributed by atoms with Crippen LogP contribution in [0.5, 0.6) is 0 Å². The molecule has 0 amide bonds. The van der Waals surface area contributed by atoms with E-state index < -0.39 is 0 Å². The molecular weight excluding hydrogens is 388 g/mol. The van der Waals surface area contributed by atoms with Crippen LogP contribution >= 0.6 is 0 Å². The summed E-state index contributed by atoms with van der Waals surface area (Å²) in [6.07, 6.45) is 11.3. The van der Waals surface area contributed by atoms with Gasteiger partial charge in [0, 0.05) is 31.4 Å². The Kier molecular flexibility index (Phi) is 5.14. The Morgan fingerprint density at radius 1 is 1.16 bits per heavy atom. The zero-order chi connectivity index (χ0) is 21.4. The number of piperidine rings is 1. The number of fused-ring (bicyclic) bond motifs is 1. The molecule has 160 valence electrons. The fourth-order valence-electron chi connectivity index (χ4n) is 4.69. The molecule has 0 bridgehead atoms. The lowest BCUT2D eigenvalue weighted by Gasteiger charge is -2.38. The predicted molar refractivity (Wildman–Crippen MR) is 121 cm³/mol. The van der Waals surface area contributed by atoms with Gasteiger partial charge in [0.05, 0.1) is 18.9 Å². The molecule has 2 aromatic rings. The molecule has 1 fully saturated rings. The average Bonchev–Trinajstić information content (AvgIpc) is 3.35. The number of allylic oxidation sites excluding steroid dienone is 3. The van der Waals surface area contributed by atoms with Gasteiger partial charge in [0.2, 0.25) is 0 Å². The van der Waals surface area contributed by atoms with E-state index in [1.807, 2.05) is 6.92 Å². The molecule has 6 nitrogen and oxygen atoms in total. The lowest BCUT2D eigenvalue weighted by molar-refractivity contribution is 0.201. The topological polar surface area (TPSA) is 62.9 Å². The summed E-state index contributed by atoms with van der Waals surface area (Å²) in [5.74, 6) is 3.66. The van der Waals surface area contributed by atoms with Crippen molar-refractivity contribution in [2.45, 2.75) is 45.2 Å². The second kappa shape index (κ2) is 8.10. The van der Waals surface area contributed by atoms with E-state index in [-0.39, 0.29) is 6.17 Å². The van der Waals surface area contributed by atoms with E-state index in [1.165, 1.54) is 17.5 Å². The molecule has 31 heavy (non-hydrogen) atoms. The van der Waals surface area contributed by atoms with Crippen molar-refractivity contribution >= 4 is 11.4 Å². The number of aryl methyl sites for hydroxylation is 2. The van der Waals surface area contributed by atoms with E-state index >= 15 is 0 Å². The van der Waals surface area contributed by atoms with Gasteiger partial charge >= 0.3 is 0 Å². The van der Waals surface area contributed by atoms with E-state index in [4.69, 9.17) is 14.3 Å². The van der Waals surface area contributed by atoms with Crippen molar-refractivity contribution in [3.05, 3.63) is 82.8 Å². The van der Waals surface area contributed by atoms with Crippen molar-refractivity contribution in [2.75, 3.05) is 13.7 Å². The Bertz CT molecular complexity index is 1090. The largest absolute Gasteiger partial charge is 0.500 e. The fourth-order valence-corrected chi connectivity index (χ4v) is 4.69. The van der Waals surface area contributed by atoms with Crippen LogP contribution in [0.4, 0.5) is 0 Å². The van der Waals surface area contributed by atoms with Crippen LogP contribution in [0.15, 0.2) is 69.5 Å². The molecule has 1 aliphatic carbocycles. The number of aromatic nitrogens is 1. The number of amidine groups is 1. The first-order chi connectivity index (χ1) is 15.1. The van der Waals surface area contributed by atoms with Crippen LogP contribution in [0.25, 0.3) is 5.57 Å². The first-order valence-corrected chi connectivity index (χ1v) is 10.9. The number of rotatable bonds is 4. The highest BCUT2D eigenvalue weighted by Gasteiger charge is 2.38. The Labute approximate surface area is 183 Å². The predicted octanol–water partition coefficient (Wildman–Crippen LogP) is 4.66. The van der Waals surface area contributed by atoms with Crippen LogP contribution in [-0.2, 0) is 4.74 Å². The summed E-state index contributed by atoms with van der Waals surface area (Å²) < 4.78 is 11.4. The van der Waals surface area contributed by atoms with Crippen molar-refractivity contribution in [2.24, 2.45) is 5.10 Å². The molecule has 2 unspecified atom stereocenters. The summed E-state index contributed by atoms with van der Waals surface area (Å²) >= 11 is 0. The van der Waals surface area contributed by atoms with E-state index in [9.17, 15) is 0 Å².